The fourth-order valence-corrected chi connectivity index (χ4v) is 2.73. The minimum absolute atomic E-state index is 0.0414. The van der Waals surface area contributed by atoms with Gasteiger partial charge < -0.3 is 5.11 Å². The largest absolute Gasteiger partial charge is 0.481 e. The van der Waals surface area contributed by atoms with Crippen molar-refractivity contribution in [3.63, 3.8) is 0 Å². The number of unbranched alkanes of at least 4 members (excludes halogenated alkanes) is 1. The Kier molecular flexibility index (Phi) is 4.73. The monoisotopic (exact) mass is 282 g/mol. The first-order chi connectivity index (χ1) is 9.49. The molecule has 0 amide bonds. The molecule has 1 aromatic rings. The lowest BCUT2D eigenvalue weighted by atomic mass is 9.88. The zero-order valence-electron chi connectivity index (χ0n) is 11.5. The van der Waals surface area contributed by atoms with Crippen molar-refractivity contribution < 1.29 is 18.7 Å². The summed E-state index contributed by atoms with van der Waals surface area (Å²) in [4.78, 5) is 10.4. The minimum atomic E-state index is -2.86. The molecule has 1 N–H and O–H groups in total. The lowest BCUT2D eigenvalue weighted by Gasteiger charge is -2.21. The predicted molar refractivity (Wildman–Crippen MR) is 73.1 cm³/mol. The van der Waals surface area contributed by atoms with Gasteiger partial charge in [0.25, 0.3) is 5.92 Å². The zero-order chi connectivity index (χ0) is 14.6. The maximum absolute atomic E-state index is 14.1. The molecular formula is C16H20F2O2. The SMILES string of the molecule is O=C(O)CCCCC(F)(F)c1ccc2c(c1)CCCC2. The van der Waals surface area contributed by atoms with Gasteiger partial charge >= 0.3 is 5.97 Å². The van der Waals surface area contributed by atoms with Gasteiger partial charge in [0, 0.05) is 18.4 Å². The second-order valence-corrected chi connectivity index (χ2v) is 5.50. The molecule has 0 radical (unpaired) electrons. The number of alkyl halides is 2. The van der Waals surface area contributed by atoms with E-state index in [4.69, 9.17) is 5.11 Å². The number of carboxylic acid groups (broad SMARTS) is 1. The molecule has 2 rings (SSSR count). The molecule has 0 aliphatic heterocycles. The van der Waals surface area contributed by atoms with Crippen molar-refractivity contribution in [3.8, 4) is 0 Å². The summed E-state index contributed by atoms with van der Waals surface area (Å²) in [7, 11) is 0. The number of aryl methyl sites for hydroxylation is 2. The molecular weight excluding hydrogens is 262 g/mol. The van der Waals surface area contributed by atoms with Gasteiger partial charge in [-0.2, -0.15) is 0 Å². The molecule has 0 saturated carbocycles. The highest BCUT2D eigenvalue weighted by molar-refractivity contribution is 5.66. The summed E-state index contributed by atoms with van der Waals surface area (Å²) < 4.78 is 28.2. The number of benzene rings is 1. The van der Waals surface area contributed by atoms with Crippen molar-refractivity contribution in [2.45, 2.75) is 57.3 Å². The highest BCUT2D eigenvalue weighted by Crippen LogP contribution is 2.35. The van der Waals surface area contributed by atoms with E-state index < -0.39 is 11.9 Å². The number of hydrogen-bond acceptors (Lipinski definition) is 1. The third-order valence-corrected chi connectivity index (χ3v) is 3.90. The van der Waals surface area contributed by atoms with Crippen LogP contribution in [-0.2, 0) is 23.6 Å². The van der Waals surface area contributed by atoms with Crippen LogP contribution >= 0.6 is 0 Å². The second kappa shape index (κ2) is 6.33. The maximum atomic E-state index is 14.1. The Morgan fingerprint density at radius 3 is 2.55 bits per heavy atom. The molecule has 0 aromatic heterocycles. The Balaban J connectivity index is 1.99. The van der Waals surface area contributed by atoms with E-state index in [1.807, 2.05) is 6.07 Å². The Hall–Kier alpha value is -1.45. The van der Waals surface area contributed by atoms with Gasteiger partial charge in [-0.3, -0.25) is 4.79 Å². The average molecular weight is 282 g/mol. The first-order valence-electron chi connectivity index (χ1n) is 7.21. The third kappa shape index (κ3) is 3.78. The van der Waals surface area contributed by atoms with Crippen LogP contribution in [0.15, 0.2) is 18.2 Å². The standard InChI is InChI=1S/C16H20F2O2/c17-16(18,10-4-3-7-15(19)20)14-9-8-12-5-1-2-6-13(12)11-14/h8-9,11H,1-7,10H2,(H,19,20). The Labute approximate surface area is 117 Å². The van der Waals surface area contributed by atoms with Gasteiger partial charge in [-0.25, -0.2) is 8.78 Å². The number of aliphatic carboxylic acids is 1. The number of hydrogen-bond donors (Lipinski definition) is 1. The van der Waals surface area contributed by atoms with Crippen LogP contribution in [0.1, 0.15) is 55.2 Å². The molecule has 20 heavy (non-hydrogen) atoms. The van der Waals surface area contributed by atoms with Crippen LogP contribution in [0.5, 0.6) is 0 Å². The van der Waals surface area contributed by atoms with Crippen LogP contribution in [0.25, 0.3) is 0 Å². The van der Waals surface area contributed by atoms with Crippen LogP contribution in [0, 0.1) is 0 Å². The Morgan fingerprint density at radius 1 is 1.15 bits per heavy atom. The number of fused-ring (bicyclic) bond motifs is 1. The summed E-state index contributed by atoms with van der Waals surface area (Å²) in [6.45, 7) is 0. The Bertz CT molecular complexity index is 483. The number of carboxylic acids is 1. The van der Waals surface area contributed by atoms with E-state index >= 15 is 0 Å². The average Bonchev–Trinajstić information content (AvgIpc) is 2.43. The molecule has 1 aliphatic rings. The van der Waals surface area contributed by atoms with Crippen LogP contribution < -0.4 is 0 Å². The molecule has 1 aliphatic carbocycles. The molecule has 0 fully saturated rings. The lowest BCUT2D eigenvalue weighted by Crippen LogP contribution is -2.15. The molecule has 4 heteroatoms. The third-order valence-electron chi connectivity index (χ3n) is 3.90. The maximum Gasteiger partial charge on any atom is 0.303 e. The van der Waals surface area contributed by atoms with Gasteiger partial charge in [0.05, 0.1) is 0 Å². The molecule has 2 nitrogen and oxygen atoms in total. The minimum Gasteiger partial charge on any atom is -0.481 e. The number of carbonyl (C=O) groups is 1. The molecule has 0 saturated heterocycles. The van der Waals surface area contributed by atoms with Crippen LogP contribution in [0.4, 0.5) is 8.78 Å². The van der Waals surface area contributed by atoms with Gasteiger partial charge in [0.1, 0.15) is 0 Å². The van der Waals surface area contributed by atoms with E-state index in [1.165, 1.54) is 11.6 Å². The first kappa shape index (κ1) is 14.9. The van der Waals surface area contributed by atoms with E-state index in [0.717, 1.165) is 31.2 Å². The van der Waals surface area contributed by atoms with Gasteiger partial charge in [-0.1, -0.05) is 12.1 Å². The normalized spacial score (nSPS) is 14.9. The lowest BCUT2D eigenvalue weighted by molar-refractivity contribution is -0.137. The summed E-state index contributed by atoms with van der Waals surface area (Å²) in [5.41, 5.74) is 2.33. The fourth-order valence-electron chi connectivity index (χ4n) is 2.73. The van der Waals surface area contributed by atoms with Gasteiger partial charge in [0.2, 0.25) is 0 Å². The van der Waals surface area contributed by atoms with Gasteiger partial charge in [-0.05, 0) is 55.7 Å². The summed E-state index contributed by atoms with van der Waals surface area (Å²) in [5, 5.41) is 8.50. The van der Waals surface area contributed by atoms with E-state index in [-0.39, 0.29) is 24.8 Å². The molecule has 1 aromatic carbocycles. The van der Waals surface area contributed by atoms with Gasteiger partial charge in [-0.15, -0.1) is 0 Å². The first-order valence-corrected chi connectivity index (χ1v) is 7.21. The Morgan fingerprint density at radius 2 is 1.85 bits per heavy atom. The van der Waals surface area contributed by atoms with Crippen molar-refractivity contribution in [2.24, 2.45) is 0 Å². The summed E-state index contributed by atoms with van der Waals surface area (Å²) in [6, 6.07) is 5.00. The number of halogens is 2. The van der Waals surface area contributed by atoms with Crippen molar-refractivity contribution in [2.75, 3.05) is 0 Å². The highest BCUT2D eigenvalue weighted by atomic mass is 19.3. The predicted octanol–water partition coefficient (Wildman–Crippen LogP) is 4.30. The van der Waals surface area contributed by atoms with E-state index in [2.05, 4.69) is 0 Å². The molecule has 0 atom stereocenters. The van der Waals surface area contributed by atoms with E-state index in [9.17, 15) is 13.6 Å². The topological polar surface area (TPSA) is 37.3 Å². The van der Waals surface area contributed by atoms with Crippen LogP contribution in [0.3, 0.4) is 0 Å². The smallest absolute Gasteiger partial charge is 0.303 e. The van der Waals surface area contributed by atoms with Crippen molar-refractivity contribution >= 4 is 5.97 Å². The molecule has 0 spiro atoms. The molecule has 0 bridgehead atoms. The zero-order valence-corrected chi connectivity index (χ0v) is 11.5. The van der Waals surface area contributed by atoms with Crippen molar-refractivity contribution in [1.82, 2.24) is 0 Å². The molecule has 0 unspecified atom stereocenters. The quantitative estimate of drug-likeness (QED) is 0.790. The summed E-state index contributed by atoms with van der Waals surface area (Å²) in [5.74, 6) is -3.78. The summed E-state index contributed by atoms with van der Waals surface area (Å²) >= 11 is 0. The molecule has 110 valence electrons. The fraction of sp³-hybridized carbons (Fsp3) is 0.562. The summed E-state index contributed by atoms with van der Waals surface area (Å²) in [6.07, 6.45) is 4.29. The van der Waals surface area contributed by atoms with Crippen molar-refractivity contribution in [3.05, 3.63) is 34.9 Å². The van der Waals surface area contributed by atoms with Gasteiger partial charge in [0.15, 0.2) is 0 Å². The second-order valence-electron chi connectivity index (χ2n) is 5.50. The van der Waals surface area contributed by atoms with E-state index in [0.29, 0.717) is 6.42 Å². The van der Waals surface area contributed by atoms with Crippen molar-refractivity contribution in [1.29, 1.82) is 0 Å². The highest BCUT2D eigenvalue weighted by Gasteiger charge is 2.31. The molecule has 0 heterocycles. The van der Waals surface area contributed by atoms with Crippen LogP contribution in [-0.4, -0.2) is 11.1 Å². The van der Waals surface area contributed by atoms with E-state index in [1.54, 1.807) is 6.07 Å². The number of rotatable bonds is 6. The van der Waals surface area contributed by atoms with Crippen LogP contribution in [0.2, 0.25) is 0 Å².